The Balaban J connectivity index is 1.85. The molecule has 2 unspecified atom stereocenters. The SMILES string of the molecule is [2H]C[C@H]1O[C@@H](n2cnc3c(N(C)C(C)=O)ncnc32)CC1OP(OCC[N+]#[C-])N(C(C)C)C(C)C. The smallest absolute Gasteiger partial charge is 0.259 e. The third-order valence-corrected chi connectivity index (χ3v) is 7.65. The van der Waals surface area contributed by atoms with E-state index in [4.69, 9.17) is 21.7 Å². The quantitative estimate of drug-likeness (QED) is 0.281. The lowest BCUT2D eigenvalue weighted by Crippen LogP contribution is -2.35. The van der Waals surface area contributed by atoms with E-state index in [2.05, 4.69) is 52.2 Å². The molecule has 0 radical (unpaired) electrons. The van der Waals surface area contributed by atoms with E-state index < -0.39 is 20.9 Å². The number of carbonyl (C=O) groups is 1. The van der Waals surface area contributed by atoms with Crippen LogP contribution in [0, 0.1) is 6.57 Å². The first kappa shape index (κ1) is 24.9. The van der Waals surface area contributed by atoms with Crippen LogP contribution in [0.2, 0.25) is 0 Å². The minimum Gasteiger partial charge on any atom is -0.352 e. The van der Waals surface area contributed by atoms with Crippen molar-refractivity contribution in [1.29, 1.82) is 0 Å². The van der Waals surface area contributed by atoms with Crippen molar-refractivity contribution in [1.82, 2.24) is 24.2 Å². The van der Waals surface area contributed by atoms with E-state index in [0.29, 0.717) is 23.4 Å². The third kappa shape index (κ3) is 5.70. The lowest BCUT2D eigenvalue weighted by Gasteiger charge is -2.36. The zero-order valence-corrected chi connectivity index (χ0v) is 21.5. The van der Waals surface area contributed by atoms with Crippen LogP contribution in [0.1, 0.15) is 55.5 Å². The van der Waals surface area contributed by atoms with Crippen molar-refractivity contribution in [3.8, 4) is 0 Å². The molecule has 3 rings (SSSR count). The maximum atomic E-state index is 11.9. The summed E-state index contributed by atoms with van der Waals surface area (Å²) in [6, 6.07) is 0.347. The van der Waals surface area contributed by atoms with Crippen LogP contribution in [0.25, 0.3) is 16.0 Å². The number of imidazole rings is 1. The van der Waals surface area contributed by atoms with Gasteiger partial charge in [-0.05, 0) is 34.6 Å². The van der Waals surface area contributed by atoms with Gasteiger partial charge in [0.1, 0.15) is 19.2 Å². The standard InChI is InChI=1S/C22H34N7O4P/c1-14(2)29(15(3)4)34(31-10-9-23-7)33-18-11-19(32-16(18)5)28-13-26-20-21(27(8)17(6)30)24-12-25-22(20)28/h12-16,18-19H,9-11H2,1-6,8H3/t16-,18?,19-,34?/m1/s1/i5D. The topological polar surface area (TPSA) is 99.2 Å². The summed E-state index contributed by atoms with van der Waals surface area (Å²) >= 11 is 0. The summed E-state index contributed by atoms with van der Waals surface area (Å²) in [5.74, 6) is 0.260. The van der Waals surface area contributed by atoms with Crippen molar-refractivity contribution in [2.75, 3.05) is 25.1 Å². The molecule has 12 heteroatoms. The maximum absolute atomic E-state index is 11.9. The van der Waals surface area contributed by atoms with Gasteiger partial charge in [0.25, 0.3) is 8.53 Å². The molecule has 34 heavy (non-hydrogen) atoms. The average Bonchev–Trinajstić information content (AvgIpc) is 3.41. The molecular formula is C22H34N7O4P. The van der Waals surface area contributed by atoms with Crippen molar-refractivity contribution < 1.29 is 19.9 Å². The first-order chi connectivity index (χ1) is 16.7. The van der Waals surface area contributed by atoms with Gasteiger partial charge in [-0.1, -0.05) is 0 Å². The largest absolute Gasteiger partial charge is 0.352 e. The lowest BCUT2D eigenvalue weighted by atomic mass is 10.2. The molecule has 1 fully saturated rings. The Labute approximate surface area is 203 Å². The Hall–Kier alpha value is -2.22. The predicted molar refractivity (Wildman–Crippen MR) is 130 cm³/mol. The molecule has 1 amide bonds. The van der Waals surface area contributed by atoms with Crippen LogP contribution in [0.4, 0.5) is 5.82 Å². The Morgan fingerprint density at radius 1 is 1.38 bits per heavy atom. The van der Waals surface area contributed by atoms with Gasteiger partial charge < -0.3 is 18.6 Å². The van der Waals surface area contributed by atoms with Crippen molar-refractivity contribution in [3.63, 3.8) is 0 Å². The minimum atomic E-state index is -1.46. The number of hydrogen-bond donors (Lipinski definition) is 0. The normalized spacial score (nSPS) is 21.9. The van der Waals surface area contributed by atoms with E-state index in [0.717, 1.165) is 0 Å². The van der Waals surface area contributed by atoms with Gasteiger partial charge in [-0.25, -0.2) is 26.2 Å². The second-order valence-electron chi connectivity index (χ2n) is 8.63. The van der Waals surface area contributed by atoms with Gasteiger partial charge in [0, 0.05) is 33.8 Å². The Kier molecular flexibility index (Phi) is 8.40. The van der Waals surface area contributed by atoms with Gasteiger partial charge >= 0.3 is 0 Å². The third-order valence-electron chi connectivity index (χ3n) is 5.50. The number of amides is 1. The summed E-state index contributed by atoms with van der Waals surface area (Å²) < 4.78 is 30.7. The average molecular weight is 493 g/mol. The predicted octanol–water partition coefficient (Wildman–Crippen LogP) is 3.78. The fraction of sp³-hybridized carbons (Fsp3) is 0.682. The summed E-state index contributed by atoms with van der Waals surface area (Å²) in [4.78, 5) is 29.7. The summed E-state index contributed by atoms with van der Waals surface area (Å²) in [5.41, 5.74) is 1.04. The lowest BCUT2D eigenvalue weighted by molar-refractivity contribution is -0.116. The Morgan fingerprint density at radius 2 is 2.12 bits per heavy atom. The molecular weight excluding hydrogens is 457 g/mol. The summed E-state index contributed by atoms with van der Waals surface area (Å²) in [6.07, 6.45) is 2.20. The van der Waals surface area contributed by atoms with E-state index in [1.807, 2.05) is 0 Å². The molecule has 4 atom stereocenters. The van der Waals surface area contributed by atoms with Crippen LogP contribution in [-0.4, -0.2) is 74.6 Å². The molecule has 0 spiro atoms. The molecule has 2 aromatic rings. The van der Waals surface area contributed by atoms with Crippen molar-refractivity contribution in [3.05, 3.63) is 24.1 Å². The molecule has 0 N–H and O–H groups in total. The van der Waals surface area contributed by atoms with E-state index in [1.165, 1.54) is 18.2 Å². The van der Waals surface area contributed by atoms with Crippen LogP contribution < -0.4 is 4.90 Å². The zero-order chi connectivity index (χ0) is 25.7. The minimum absolute atomic E-state index is 0.0235. The molecule has 0 saturated carbocycles. The van der Waals surface area contributed by atoms with Crippen LogP contribution in [0.3, 0.4) is 0 Å². The number of nitrogens with zero attached hydrogens (tertiary/aromatic N) is 7. The Bertz CT molecular complexity index is 1040. The number of anilines is 1. The molecule has 1 aliphatic rings. The molecule has 11 nitrogen and oxygen atoms in total. The molecule has 1 saturated heterocycles. The first-order valence-electron chi connectivity index (χ1n) is 12.0. The van der Waals surface area contributed by atoms with Crippen molar-refractivity contribution in [2.45, 2.75) is 78.5 Å². The van der Waals surface area contributed by atoms with Gasteiger partial charge in [0.05, 0.1) is 18.5 Å². The highest BCUT2D eigenvalue weighted by atomic mass is 31.2. The second kappa shape index (κ2) is 11.5. The van der Waals surface area contributed by atoms with Gasteiger partial charge in [0.2, 0.25) is 12.5 Å². The number of ether oxygens (including phenoxy) is 1. The van der Waals surface area contributed by atoms with Crippen molar-refractivity contribution >= 4 is 31.4 Å². The molecule has 2 aromatic heterocycles. The summed E-state index contributed by atoms with van der Waals surface area (Å²) in [7, 11) is 0.181. The van der Waals surface area contributed by atoms with E-state index in [-0.39, 0.29) is 44.1 Å². The van der Waals surface area contributed by atoms with Gasteiger partial charge in [-0.2, -0.15) is 0 Å². The summed E-state index contributed by atoms with van der Waals surface area (Å²) in [5, 5.41) is 0. The van der Waals surface area contributed by atoms with Gasteiger partial charge in [0.15, 0.2) is 17.0 Å². The molecule has 0 aliphatic carbocycles. The number of carbonyl (C=O) groups excluding carboxylic acids is 1. The van der Waals surface area contributed by atoms with Gasteiger partial charge in [-0.3, -0.25) is 14.3 Å². The highest BCUT2D eigenvalue weighted by Crippen LogP contribution is 2.50. The highest BCUT2D eigenvalue weighted by molar-refractivity contribution is 7.44. The number of fused-ring (bicyclic) bond motifs is 1. The van der Waals surface area contributed by atoms with E-state index in [1.54, 1.807) is 17.9 Å². The van der Waals surface area contributed by atoms with Crippen LogP contribution in [-0.2, 0) is 18.6 Å². The molecule has 186 valence electrons. The highest BCUT2D eigenvalue weighted by Gasteiger charge is 2.39. The number of aromatic nitrogens is 4. The fourth-order valence-electron chi connectivity index (χ4n) is 3.84. The molecule has 1 aliphatic heterocycles. The second-order valence-corrected chi connectivity index (χ2v) is 10.0. The fourth-order valence-corrected chi connectivity index (χ4v) is 5.58. The number of hydrogen-bond acceptors (Lipinski definition) is 8. The van der Waals surface area contributed by atoms with E-state index in [9.17, 15) is 4.79 Å². The summed E-state index contributed by atoms with van der Waals surface area (Å²) in [6.45, 7) is 17.4. The van der Waals surface area contributed by atoms with Crippen LogP contribution in [0.15, 0.2) is 12.7 Å². The molecule has 3 heterocycles. The zero-order valence-electron chi connectivity index (χ0n) is 21.6. The van der Waals surface area contributed by atoms with E-state index >= 15 is 0 Å². The maximum Gasteiger partial charge on any atom is 0.259 e. The Morgan fingerprint density at radius 3 is 2.74 bits per heavy atom. The van der Waals surface area contributed by atoms with Crippen LogP contribution in [0.5, 0.6) is 0 Å². The van der Waals surface area contributed by atoms with Gasteiger partial charge in [-0.15, -0.1) is 0 Å². The van der Waals surface area contributed by atoms with Crippen molar-refractivity contribution in [2.24, 2.45) is 0 Å². The number of rotatable bonds is 10. The van der Waals surface area contributed by atoms with Crippen LogP contribution >= 0.6 is 8.53 Å². The monoisotopic (exact) mass is 492 g/mol. The molecule has 0 bridgehead atoms. The molecule has 0 aromatic carbocycles. The first-order valence-corrected chi connectivity index (χ1v) is 12.4.